The van der Waals surface area contributed by atoms with E-state index in [-0.39, 0.29) is 5.57 Å². The fraction of sp³-hybridized carbons (Fsp3) is 0. The van der Waals surface area contributed by atoms with Crippen molar-refractivity contribution in [1.82, 2.24) is 0 Å². The van der Waals surface area contributed by atoms with Crippen LogP contribution in [0, 0.1) is 0 Å². The van der Waals surface area contributed by atoms with Crippen LogP contribution in [0.3, 0.4) is 0 Å². The fourth-order valence-corrected chi connectivity index (χ4v) is 0.991. The van der Waals surface area contributed by atoms with E-state index < -0.39 is 5.91 Å². The number of halogens is 1. The Kier molecular flexibility index (Phi) is 2.58. The molecule has 0 spiro atoms. The van der Waals surface area contributed by atoms with Crippen LogP contribution in [-0.4, -0.2) is 5.91 Å². The van der Waals surface area contributed by atoms with Crippen molar-refractivity contribution in [2.24, 2.45) is 5.73 Å². The van der Waals surface area contributed by atoms with Gasteiger partial charge in [-0.15, -0.1) is 0 Å². The van der Waals surface area contributed by atoms with Crippen LogP contribution in [0.4, 0.5) is 5.69 Å². The summed E-state index contributed by atoms with van der Waals surface area (Å²) in [6, 6.07) is 4.81. The van der Waals surface area contributed by atoms with Gasteiger partial charge in [0.05, 0.1) is 10.7 Å². The topological polar surface area (TPSA) is 69.1 Å². The smallest absolute Gasteiger partial charge is 0.248 e. The number of rotatable bonds is 2. The number of nitrogen functional groups attached to an aromatic ring is 1. The van der Waals surface area contributed by atoms with Crippen molar-refractivity contribution in [2.45, 2.75) is 0 Å². The maximum atomic E-state index is 10.7. The Hall–Kier alpha value is -1.48. The third kappa shape index (κ3) is 2.00. The molecule has 4 heteroatoms. The molecular formula is C9H9ClN2O. The molecular weight excluding hydrogens is 188 g/mol. The van der Waals surface area contributed by atoms with Crippen LogP contribution < -0.4 is 11.5 Å². The van der Waals surface area contributed by atoms with Crippen molar-refractivity contribution >= 4 is 28.8 Å². The Balaban J connectivity index is 3.11. The lowest BCUT2D eigenvalue weighted by Crippen LogP contribution is -2.12. The third-order valence-electron chi connectivity index (χ3n) is 1.64. The number of carbonyl (C=O) groups excluding carboxylic acids is 1. The van der Waals surface area contributed by atoms with Gasteiger partial charge in [-0.3, -0.25) is 4.79 Å². The van der Waals surface area contributed by atoms with Gasteiger partial charge in [0.15, 0.2) is 0 Å². The van der Waals surface area contributed by atoms with Gasteiger partial charge in [0.1, 0.15) is 0 Å². The normalized spacial score (nSPS) is 9.62. The minimum absolute atomic E-state index is 0.225. The van der Waals surface area contributed by atoms with E-state index in [0.29, 0.717) is 16.3 Å². The summed E-state index contributed by atoms with van der Waals surface area (Å²) >= 11 is 5.69. The van der Waals surface area contributed by atoms with Gasteiger partial charge in [-0.1, -0.05) is 24.2 Å². The molecule has 0 radical (unpaired) electrons. The quantitative estimate of drug-likeness (QED) is 0.555. The zero-order valence-electron chi connectivity index (χ0n) is 6.88. The summed E-state index contributed by atoms with van der Waals surface area (Å²) in [4.78, 5) is 10.7. The summed E-state index contributed by atoms with van der Waals surface area (Å²) < 4.78 is 0. The summed E-state index contributed by atoms with van der Waals surface area (Å²) in [5, 5.41) is 0.445. The van der Waals surface area contributed by atoms with Crippen LogP contribution >= 0.6 is 11.6 Å². The van der Waals surface area contributed by atoms with Gasteiger partial charge in [0.2, 0.25) is 5.91 Å². The van der Waals surface area contributed by atoms with Crippen LogP contribution in [0.1, 0.15) is 5.56 Å². The predicted molar refractivity (Wildman–Crippen MR) is 54.1 cm³/mol. The van der Waals surface area contributed by atoms with Crippen molar-refractivity contribution in [2.75, 3.05) is 5.73 Å². The minimum atomic E-state index is -0.568. The molecule has 1 amide bonds. The molecule has 4 N–H and O–H groups in total. The van der Waals surface area contributed by atoms with Gasteiger partial charge in [0, 0.05) is 5.57 Å². The Morgan fingerprint density at radius 2 is 2.08 bits per heavy atom. The summed E-state index contributed by atoms with van der Waals surface area (Å²) in [6.45, 7) is 3.52. The van der Waals surface area contributed by atoms with Gasteiger partial charge in [-0.25, -0.2) is 0 Å². The largest absolute Gasteiger partial charge is 0.398 e. The molecule has 0 aliphatic carbocycles. The summed E-state index contributed by atoms with van der Waals surface area (Å²) in [5.41, 5.74) is 11.8. The first kappa shape index (κ1) is 9.61. The van der Waals surface area contributed by atoms with E-state index in [1.165, 1.54) is 0 Å². The summed E-state index contributed by atoms with van der Waals surface area (Å²) in [6.07, 6.45) is 0. The standard InChI is InChI=1S/C9H9ClN2O/c1-5(9(12)13)6-2-3-7(10)8(11)4-6/h2-4H,1,11H2,(H2,12,13). The second-order valence-corrected chi connectivity index (χ2v) is 2.99. The van der Waals surface area contributed by atoms with Crippen molar-refractivity contribution in [3.8, 4) is 0 Å². The van der Waals surface area contributed by atoms with Gasteiger partial charge >= 0.3 is 0 Å². The fourth-order valence-electron chi connectivity index (χ4n) is 0.874. The molecule has 0 heterocycles. The van der Waals surface area contributed by atoms with Crippen LogP contribution in [0.25, 0.3) is 5.57 Å². The Bertz CT molecular complexity index is 374. The first-order valence-electron chi connectivity index (χ1n) is 3.56. The zero-order valence-corrected chi connectivity index (χ0v) is 7.64. The molecule has 0 bridgehead atoms. The van der Waals surface area contributed by atoms with Crippen molar-refractivity contribution in [3.05, 3.63) is 35.4 Å². The number of nitrogens with two attached hydrogens (primary N) is 2. The lowest BCUT2D eigenvalue weighted by atomic mass is 10.1. The molecule has 0 saturated carbocycles. The van der Waals surface area contributed by atoms with Crippen molar-refractivity contribution < 1.29 is 4.79 Å². The van der Waals surface area contributed by atoms with E-state index in [9.17, 15) is 4.79 Å². The molecule has 0 atom stereocenters. The molecule has 0 unspecified atom stereocenters. The highest BCUT2D eigenvalue weighted by molar-refractivity contribution is 6.33. The number of hydrogen-bond acceptors (Lipinski definition) is 2. The van der Waals surface area contributed by atoms with Gasteiger partial charge < -0.3 is 11.5 Å². The molecule has 1 aromatic rings. The number of anilines is 1. The highest BCUT2D eigenvalue weighted by Gasteiger charge is 2.06. The molecule has 0 aromatic heterocycles. The number of carbonyl (C=O) groups is 1. The predicted octanol–water partition coefficient (Wildman–Crippen LogP) is 1.42. The summed E-state index contributed by atoms with van der Waals surface area (Å²) in [7, 11) is 0. The lowest BCUT2D eigenvalue weighted by Gasteiger charge is -2.03. The van der Waals surface area contributed by atoms with E-state index in [4.69, 9.17) is 23.1 Å². The first-order valence-corrected chi connectivity index (χ1v) is 3.94. The van der Waals surface area contributed by atoms with Crippen molar-refractivity contribution in [1.29, 1.82) is 0 Å². The van der Waals surface area contributed by atoms with Gasteiger partial charge in [0.25, 0.3) is 0 Å². The monoisotopic (exact) mass is 196 g/mol. The number of primary amides is 1. The Morgan fingerprint density at radius 1 is 1.46 bits per heavy atom. The molecule has 1 rings (SSSR count). The molecule has 1 aromatic carbocycles. The first-order chi connectivity index (χ1) is 6.02. The van der Waals surface area contributed by atoms with Gasteiger partial charge in [-0.2, -0.15) is 0 Å². The van der Waals surface area contributed by atoms with Crippen LogP contribution in [0.2, 0.25) is 5.02 Å². The highest BCUT2D eigenvalue weighted by atomic mass is 35.5. The average molecular weight is 197 g/mol. The molecule has 0 saturated heterocycles. The molecule has 13 heavy (non-hydrogen) atoms. The second kappa shape index (κ2) is 3.49. The number of amides is 1. The Morgan fingerprint density at radius 3 is 2.54 bits per heavy atom. The molecule has 0 fully saturated rings. The van der Waals surface area contributed by atoms with E-state index in [1.54, 1.807) is 18.2 Å². The summed E-state index contributed by atoms with van der Waals surface area (Å²) in [5.74, 6) is -0.568. The van der Waals surface area contributed by atoms with Gasteiger partial charge in [-0.05, 0) is 17.7 Å². The SMILES string of the molecule is C=C(C(N)=O)c1ccc(Cl)c(N)c1. The third-order valence-corrected chi connectivity index (χ3v) is 1.99. The molecule has 0 aliphatic heterocycles. The molecule has 68 valence electrons. The van der Waals surface area contributed by atoms with Crippen LogP contribution in [0.15, 0.2) is 24.8 Å². The van der Waals surface area contributed by atoms with Crippen LogP contribution in [-0.2, 0) is 4.79 Å². The highest BCUT2D eigenvalue weighted by Crippen LogP contribution is 2.22. The van der Waals surface area contributed by atoms with E-state index >= 15 is 0 Å². The second-order valence-electron chi connectivity index (χ2n) is 2.58. The number of hydrogen-bond donors (Lipinski definition) is 2. The van der Waals surface area contributed by atoms with E-state index in [2.05, 4.69) is 6.58 Å². The molecule has 3 nitrogen and oxygen atoms in total. The Labute approximate surface area is 81.0 Å². The average Bonchev–Trinajstić information content (AvgIpc) is 2.08. The van der Waals surface area contributed by atoms with E-state index in [1.807, 2.05) is 0 Å². The lowest BCUT2D eigenvalue weighted by molar-refractivity contribution is -0.112. The number of benzene rings is 1. The zero-order chi connectivity index (χ0) is 10.0. The molecule has 0 aliphatic rings. The maximum absolute atomic E-state index is 10.7. The van der Waals surface area contributed by atoms with E-state index in [0.717, 1.165) is 0 Å². The maximum Gasteiger partial charge on any atom is 0.248 e. The van der Waals surface area contributed by atoms with Crippen LogP contribution in [0.5, 0.6) is 0 Å². The van der Waals surface area contributed by atoms with Crippen molar-refractivity contribution in [3.63, 3.8) is 0 Å². The minimum Gasteiger partial charge on any atom is -0.398 e.